The average Bonchev–Trinajstić information content (AvgIpc) is 3.62. The highest BCUT2D eigenvalue weighted by Gasteiger charge is 2.42. The molecule has 222 valence electrons. The molecular formula is C41H31BrN4. The van der Waals surface area contributed by atoms with Crippen molar-refractivity contribution in [2.24, 2.45) is 0 Å². The van der Waals surface area contributed by atoms with Gasteiger partial charge in [0.2, 0.25) is 0 Å². The second-order valence-corrected chi connectivity index (χ2v) is 11.6. The number of benzene rings is 6. The van der Waals surface area contributed by atoms with Gasteiger partial charge in [0.1, 0.15) is 5.54 Å². The van der Waals surface area contributed by atoms with Crippen LogP contribution < -0.4 is 0 Å². The van der Waals surface area contributed by atoms with Crippen LogP contribution in [0.25, 0.3) is 11.1 Å². The van der Waals surface area contributed by atoms with Gasteiger partial charge in [-0.25, -0.2) is 4.68 Å². The maximum Gasteiger partial charge on any atom is 0.184 e. The first-order chi connectivity index (χ1) is 22.8. The fourth-order valence-corrected chi connectivity index (χ4v) is 6.66. The van der Waals surface area contributed by atoms with Crippen LogP contribution in [0.1, 0.15) is 44.8 Å². The Morgan fingerprint density at radius 2 is 0.870 bits per heavy atom. The number of alkyl halides is 1. The highest BCUT2D eigenvalue weighted by Crippen LogP contribution is 2.44. The van der Waals surface area contributed by atoms with E-state index in [0.717, 1.165) is 49.9 Å². The highest BCUT2D eigenvalue weighted by atomic mass is 79.9. The molecule has 4 nitrogen and oxygen atoms in total. The number of hydrogen-bond acceptors (Lipinski definition) is 3. The fraction of sp³-hybridized carbons (Fsp3) is 0.0488. The lowest BCUT2D eigenvalue weighted by molar-refractivity contribution is 0.442. The smallest absolute Gasteiger partial charge is 0.184 e. The van der Waals surface area contributed by atoms with Crippen LogP contribution in [0.2, 0.25) is 0 Å². The van der Waals surface area contributed by atoms with Crippen LogP contribution in [-0.2, 0) is 10.9 Å². The van der Waals surface area contributed by atoms with Crippen LogP contribution in [0.4, 0.5) is 0 Å². The Labute approximate surface area is 277 Å². The quantitative estimate of drug-likeness (QED) is 0.0882. The van der Waals surface area contributed by atoms with E-state index < -0.39 is 5.54 Å². The number of nitrogens with zero attached hydrogens (tertiary/aromatic N) is 4. The Hall–Kier alpha value is -5.39. The first kappa shape index (κ1) is 29.3. The Bertz CT molecular complexity index is 1940. The first-order valence-corrected chi connectivity index (χ1v) is 16.4. The van der Waals surface area contributed by atoms with Crippen molar-refractivity contribution in [3.63, 3.8) is 0 Å². The second-order valence-electron chi connectivity index (χ2n) is 11.0. The molecule has 0 atom stereocenters. The van der Waals surface area contributed by atoms with Crippen LogP contribution in [0.3, 0.4) is 0 Å². The van der Waals surface area contributed by atoms with Gasteiger partial charge in [0.05, 0.1) is 0 Å². The van der Waals surface area contributed by atoms with E-state index >= 15 is 0 Å². The molecule has 1 heterocycles. The summed E-state index contributed by atoms with van der Waals surface area (Å²) in [5.41, 5.74) is 8.64. The van der Waals surface area contributed by atoms with Gasteiger partial charge in [0.25, 0.3) is 0 Å². The summed E-state index contributed by atoms with van der Waals surface area (Å²) in [6.07, 6.45) is 0. The molecule has 0 saturated carbocycles. The number of aromatic nitrogens is 4. The molecule has 5 heteroatoms. The molecule has 6 aromatic carbocycles. The van der Waals surface area contributed by atoms with Gasteiger partial charge in [-0.2, -0.15) is 0 Å². The van der Waals surface area contributed by atoms with Crippen molar-refractivity contribution >= 4 is 27.1 Å². The lowest BCUT2D eigenvalue weighted by Crippen LogP contribution is -2.40. The van der Waals surface area contributed by atoms with Gasteiger partial charge in [-0.1, -0.05) is 192 Å². The van der Waals surface area contributed by atoms with E-state index in [1.54, 1.807) is 0 Å². The number of hydrogen-bond donors (Lipinski definition) is 0. The molecule has 46 heavy (non-hydrogen) atoms. The number of rotatable bonds is 9. The first-order valence-electron chi connectivity index (χ1n) is 15.3. The van der Waals surface area contributed by atoms with Gasteiger partial charge in [0, 0.05) is 16.5 Å². The van der Waals surface area contributed by atoms with Crippen LogP contribution in [0, 0.1) is 0 Å². The zero-order chi connectivity index (χ0) is 31.2. The maximum atomic E-state index is 4.88. The Morgan fingerprint density at radius 3 is 1.30 bits per heavy atom. The molecule has 0 bridgehead atoms. The third-order valence-corrected chi connectivity index (χ3v) is 9.00. The summed E-state index contributed by atoms with van der Waals surface area (Å²) in [5, 5.41) is 15.0. The van der Waals surface area contributed by atoms with E-state index in [2.05, 4.69) is 167 Å². The van der Waals surface area contributed by atoms with Crippen LogP contribution in [-0.4, -0.2) is 20.2 Å². The summed E-state index contributed by atoms with van der Waals surface area (Å²) < 4.78 is 2.02. The Kier molecular flexibility index (Phi) is 8.49. The van der Waals surface area contributed by atoms with Crippen molar-refractivity contribution in [3.05, 3.63) is 221 Å². The van der Waals surface area contributed by atoms with E-state index in [4.69, 9.17) is 10.3 Å². The van der Waals surface area contributed by atoms with Crippen LogP contribution in [0.15, 0.2) is 176 Å². The lowest BCUT2D eigenvalue weighted by atomic mass is 9.76. The van der Waals surface area contributed by atoms with Crippen molar-refractivity contribution < 1.29 is 0 Å². The van der Waals surface area contributed by atoms with E-state index in [1.807, 2.05) is 35.0 Å². The molecule has 0 aliphatic rings. The Balaban J connectivity index is 1.64. The molecule has 0 radical (unpaired) electrons. The summed E-state index contributed by atoms with van der Waals surface area (Å²) in [7, 11) is 0. The largest absolute Gasteiger partial charge is 0.205 e. The molecule has 7 aromatic rings. The van der Waals surface area contributed by atoms with Crippen LogP contribution in [0.5, 0.6) is 0 Å². The second kappa shape index (κ2) is 13.3. The average molecular weight is 660 g/mol. The molecule has 1 aromatic heterocycles. The summed E-state index contributed by atoms with van der Waals surface area (Å²) in [4.78, 5) is 0. The van der Waals surface area contributed by atoms with Crippen molar-refractivity contribution in [1.82, 2.24) is 20.2 Å². The topological polar surface area (TPSA) is 43.6 Å². The SMILES string of the molecule is BrCc1ccc(/C(=C(\c2ccccc2)c2nnnn2C(c2ccccc2)(c2ccccc2)c2ccccc2)c2ccccc2)cc1. The molecule has 0 spiro atoms. The molecule has 0 saturated heterocycles. The van der Waals surface area contributed by atoms with Gasteiger partial charge in [-0.15, -0.1) is 5.10 Å². The minimum atomic E-state index is -0.885. The predicted molar refractivity (Wildman–Crippen MR) is 189 cm³/mol. The van der Waals surface area contributed by atoms with Crippen molar-refractivity contribution in [1.29, 1.82) is 0 Å². The Morgan fingerprint density at radius 1 is 0.478 bits per heavy atom. The normalized spacial score (nSPS) is 12.0. The monoisotopic (exact) mass is 658 g/mol. The lowest BCUT2D eigenvalue weighted by Gasteiger charge is -2.36. The van der Waals surface area contributed by atoms with E-state index in [1.165, 1.54) is 5.56 Å². The van der Waals surface area contributed by atoms with Crippen molar-refractivity contribution in [2.45, 2.75) is 10.9 Å². The standard InChI is InChI=1S/C41H31BrN4/c42-30-31-26-28-34(29-27-31)38(32-16-6-1-7-17-32)39(33-18-8-2-9-19-33)40-43-44-45-46(40)41(35-20-10-3-11-21-35,36-22-12-4-13-23-36)37-24-14-5-15-25-37/h1-29H,30H2/b39-38+. The minimum absolute atomic E-state index is 0.659. The zero-order valence-electron chi connectivity index (χ0n) is 25.1. The predicted octanol–water partition coefficient (Wildman–Crippen LogP) is 9.42. The number of tetrazole rings is 1. The van der Waals surface area contributed by atoms with Gasteiger partial charge in [-0.05, 0) is 49.4 Å². The molecule has 0 amide bonds. The molecular weight excluding hydrogens is 628 g/mol. The molecule has 0 aliphatic heterocycles. The summed E-state index contributed by atoms with van der Waals surface area (Å²) in [6, 6.07) is 61.3. The number of halogens is 1. The van der Waals surface area contributed by atoms with E-state index in [0.29, 0.717) is 5.82 Å². The fourth-order valence-electron chi connectivity index (χ4n) is 6.28. The van der Waals surface area contributed by atoms with Crippen molar-refractivity contribution in [2.75, 3.05) is 0 Å². The third-order valence-electron chi connectivity index (χ3n) is 8.36. The van der Waals surface area contributed by atoms with Gasteiger partial charge < -0.3 is 0 Å². The highest BCUT2D eigenvalue weighted by molar-refractivity contribution is 9.08. The van der Waals surface area contributed by atoms with Crippen molar-refractivity contribution in [3.8, 4) is 0 Å². The van der Waals surface area contributed by atoms with Gasteiger partial charge >= 0.3 is 0 Å². The van der Waals surface area contributed by atoms with E-state index in [9.17, 15) is 0 Å². The summed E-state index contributed by atoms with van der Waals surface area (Å²) >= 11 is 3.62. The molecule has 0 N–H and O–H groups in total. The van der Waals surface area contributed by atoms with Gasteiger partial charge in [0.15, 0.2) is 5.82 Å². The molecule has 0 fully saturated rings. The molecule has 7 rings (SSSR count). The molecule has 0 aliphatic carbocycles. The summed E-state index contributed by atoms with van der Waals surface area (Å²) in [6.45, 7) is 0. The maximum absolute atomic E-state index is 4.88. The zero-order valence-corrected chi connectivity index (χ0v) is 26.7. The van der Waals surface area contributed by atoms with Gasteiger partial charge in [-0.3, -0.25) is 0 Å². The van der Waals surface area contributed by atoms with Crippen LogP contribution >= 0.6 is 15.9 Å². The van der Waals surface area contributed by atoms with E-state index in [-0.39, 0.29) is 0 Å². The summed E-state index contributed by atoms with van der Waals surface area (Å²) in [5.74, 6) is 0.659. The molecule has 0 unspecified atom stereocenters. The minimum Gasteiger partial charge on any atom is -0.205 e. The third kappa shape index (κ3) is 5.40.